The van der Waals surface area contributed by atoms with Gasteiger partial charge in [-0.15, -0.1) is 0 Å². The molecule has 1 aromatic carbocycles. The van der Waals surface area contributed by atoms with E-state index in [1.165, 1.54) is 5.56 Å². The van der Waals surface area contributed by atoms with Crippen LogP contribution in [0.25, 0.3) is 5.65 Å². The van der Waals surface area contributed by atoms with Gasteiger partial charge in [0.15, 0.2) is 5.65 Å². The van der Waals surface area contributed by atoms with E-state index in [1.807, 2.05) is 23.2 Å². The summed E-state index contributed by atoms with van der Waals surface area (Å²) in [7, 11) is 0. The van der Waals surface area contributed by atoms with E-state index < -0.39 is 0 Å². The first-order valence-electron chi connectivity index (χ1n) is 9.05. The topological polar surface area (TPSA) is 59.7 Å². The highest BCUT2D eigenvalue weighted by atomic mass is 16.5. The maximum Gasteiger partial charge on any atom is 0.259 e. The summed E-state index contributed by atoms with van der Waals surface area (Å²) in [5.41, 5.74) is 2.47. The summed E-state index contributed by atoms with van der Waals surface area (Å²) in [6.45, 7) is 2.13. The van der Waals surface area contributed by atoms with Gasteiger partial charge in [0.05, 0.1) is 12.8 Å². The largest absolute Gasteiger partial charge is 0.381 e. The molecule has 0 bridgehead atoms. The summed E-state index contributed by atoms with van der Waals surface area (Å²) in [4.78, 5) is 19.7. The number of nitrogens with zero attached hydrogens (tertiary/aromatic N) is 4. The Labute approximate surface area is 151 Å². The SMILES string of the molecule is O=C(c1cnn2cccnc12)N1CC(c2ccccc2)C2COCCC21. The van der Waals surface area contributed by atoms with Crippen LogP contribution in [0.3, 0.4) is 0 Å². The number of rotatable bonds is 2. The predicted molar refractivity (Wildman–Crippen MR) is 95.9 cm³/mol. The molecule has 3 atom stereocenters. The van der Waals surface area contributed by atoms with Crippen LogP contribution >= 0.6 is 0 Å². The number of hydrogen-bond acceptors (Lipinski definition) is 4. The van der Waals surface area contributed by atoms with Crippen LogP contribution < -0.4 is 0 Å². The highest BCUT2D eigenvalue weighted by Gasteiger charge is 2.46. The van der Waals surface area contributed by atoms with Gasteiger partial charge in [-0.2, -0.15) is 5.10 Å². The fourth-order valence-electron chi connectivity index (χ4n) is 4.42. The number of amides is 1. The van der Waals surface area contributed by atoms with Gasteiger partial charge in [-0.3, -0.25) is 4.79 Å². The van der Waals surface area contributed by atoms with Gasteiger partial charge in [0.2, 0.25) is 0 Å². The van der Waals surface area contributed by atoms with Crippen LogP contribution in [-0.2, 0) is 4.74 Å². The summed E-state index contributed by atoms with van der Waals surface area (Å²) >= 11 is 0. The minimum atomic E-state index is 0.0223. The smallest absolute Gasteiger partial charge is 0.259 e. The predicted octanol–water partition coefficient (Wildman–Crippen LogP) is 2.37. The highest BCUT2D eigenvalue weighted by Crippen LogP contribution is 2.41. The van der Waals surface area contributed by atoms with Crippen molar-refractivity contribution in [1.82, 2.24) is 19.5 Å². The maximum absolute atomic E-state index is 13.3. The van der Waals surface area contributed by atoms with Gasteiger partial charge in [0.25, 0.3) is 5.91 Å². The normalized spacial score (nSPS) is 25.4. The van der Waals surface area contributed by atoms with Crippen molar-refractivity contribution in [2.45, 2.75) is 18.4 Å². The van der Waals surface area contributed by atoms with Gasteiger partial charge in [-0.1, -0.05) is 30.3 Å². The molecule has 6 nitrogen and oxygen atoms in total. The Hall–Kier alpha value is -2.73. The van der Waals surface area contributed by atoms with Crippen molar-refractivity contribution in [2.75, 3.05) is 19.8 Å². The lowest BCUT2D eigenvalue weighted by Crippen LogP contribution is -2.42. The molecule has 1 amide bonds. The van der Waals surface area contributed by atoms with Gasteiger partial charge >= 0.3 is 0 Å². The lowest BCUT2D eigenvalue weighted by molar-refractivity contribution is 0.0189. The van der Waals surface area contributed by atoms with Crippen molar-refractivity contribution < 1.29 is 9.53 Å². The monoisotopic (exact) mass is 348 g/mol. The Kier molecular flexibility index (Phi) is 3.71. The molecule has 6 heteroatoms. The minimum Gasteiger partial charge on any atom is -0.381 e. The van der Waals surface area contributed by atoms with Crippen molar-refractivity contribution in [3.05, 3.63) is 66.1 Å². The Morgan fingerprint density at radius 1 is 1.19 bits per heavy atom. The van der Waals surface area contributed by atoms with Crippen LogP contribution in [0.1, 0.15) is 28.3 Å². The van der Waals surface area contributed by atoms with Gasteiger partial charge in [-0.25, -0.2) is 9.50 Å². The lowest BCUT2D eigenvalue weighted by Gasteiger charge is -2.32. The van der Waals surface area contributed by atoms with E-state index in [0.29, 0.717) is 42.8 Å². The van der Waals surface area contributed by atoms with E-state index in [9.17, 15) is 4.79 Å². The van der Waals surface area contributed by atoms with Crippen LogP contribution in [0.15, 0.2) is 55.0 Å². The molecule has 5 rings (SSSR count). The zero-order valence-electron chi connectivity index (χ0n) is 14.4. The Morgan fingerprint density at radius 2 is 2.08 bits per heavy atom. The Balaban J connectivity index is 1.51. The number of fused-ring (bicyclic) bond motifs is 2. The van der Waals surface area contributed by atoms with Crippen molar-refractivity contribution in [1.29, 1.82) is 0 Å². The molecule has 0 aliphatic carbocycles. The van der Waals surface area contributed by atoms with E-state index in [4.69, 9.17) is 4.74 Å². The van der Waals surface area contributed by atoms with E-state index in [1.54, 1.807) is 16.9 Å². The number of ether oxygens (including phenoxy) is 1. The molecule has 2 saturated heterocycles. The molecule has 0 radical (unpaired) electrons. The first kappa shape index (κ1) is 15.5. The first-order valence-corrected chi connectivity index (χ1v) is 9.05. The van der Waals surface area contributed by atoms with Crippen LogP contribution in [0.4, 0.5) is 0 Å². The fraction of sp³-hybridized carbons (Fsp3) is 0.350. The van der Waals surface area contributed by atoms with Crippen molar-refractivity contribution in [2.24, 2.45) is 5.92 Å². The molecule has 2 aliphatic rings. The highest BCUT2D eigenvalue weighted by molar-refractivity contribution is 6.00. The number of benzene rings is 1. The third kappa shape index (κ3) is 2.41. The molecular formula is C20H20N4O2. The van der Waals surface area contributed by atoms with Gasteiger partial charge in [0, 0.05) is 43.4 Å². The molecule has 3 unspecified atom stereocenters. The van der Waals surface area contributed by atoms with Gasteiger partial charge in [-0.05, 0) is 18.1 Å². The van der Waals surface area contributed by atoms with Gasteiger partial charge < -0.3 is 9.64 Å². The Morgan fingerprint density at radius 3 is 2.96 bits per heavy atom. The summed E-state index contributed by atoms with van der Waals surface area (Å²) in [6, 6.07) is 12.5. The second-order valence-corrected chi connectivity index (χ2v) is 7.02. The zero-order valence-corrected chi connectivity index (χ0v) is 14.4. The van der Waals surface area contributed by atoms with Crippen molar-refractivity contribution >= 4 is 11.6 Å². The lowest BCUT2D eigenvalue weighted by atomic mass is 9.84. The second-order valence-electron chi connectivity index (χ2n) is 7.02. The first-order chi connectivity index (χ1) is 12.8. The average molecular weight is 348 g/mol. The van der Waals surface area contributed by atoms with Crippen LogP contribution in [0, 0.1) is 5.92 Å². The maximum atomic E-state index is 13.3. The van der Waals surface area contributed by atoms with Crippen LogP contribution in [-0.4, -0.2) is 51.2 Å². The third-order valence-electron chi connectivity index (χ3n) is 5.67. The van der Waals surface area contributed by atoms with Gasteiger partial charge in [0.1, 0.15) is 5.56 Å². The molecule has 2 aromatic heterocycles. The van der Waals surface area contributed by atoms with E-state index in [2.05, 4.69) is 34.3 Å². The molecular weight excluding hydrogens is 328 g/mol. The molecule has 0 N–H and O–H groups in total. The summed E-state index contributed by atoms with van der Waals surface area (Å²) < 4.78 is 7.41. The second kappa shape index (κ2) is 6.21. The number of carbonyl (C=O) groups excluding carboxylic acids is 1. The zero-order chi connectivity index (χ0) is 17.5. The Bertz CT molecular complexity index is 939. The summed E-state index contributed by atoms with van der Waals surface area (Å²) in [5.74, 6) is 0.666. The number of hydrogen-bond donors (Lipinski definition) is 0. The molecule has 3 aromatic rings. The molecule has 26 heavy (non-hydrogen) atoms. The number of carbonyl (C=O) groups is 1. The molecule has 2 aliphatic heterocycles. The fourth-order valence-corrected chi connectivity index (χ4v) is 4.42. The molecule has 4 heterocycles. The molecule has 0 spiro atoms. The quantitative estimate of drug-likeness (QED) is 0.713. The van der Waals surface area contributed by atoms with E-state index >= 15 is 0 Å². The van der Waals surface area contributed by atoms with Crippen molar-refractivity contribution in [3.8, 4) is 0 Å². The molecule has 2 fully saturated rings. The van der Waals surface area contributed by atoms with Crippen LogP contribution in [0.5, 0.6) is 0 Å². The summed E-state index contributed by atoms with van der Waals surface area (Å²) in [5, 5.41) is 4.27. The third-order valence-corrected chi connectivity index (χ3v) is 5.67. The number of aromatic nitrogens is 3. The minimum absolute atomic E-state index is 0.0223. The number of likely N-dealkylation sites (tertiary alicyclic amines) is 1. The summed E-state index contributed by atoms with van der Waals surface area (Å²) in [6.07, 6.45) is 6.02. The van der Waals surface area contributed by atoms with Crippen molar-refractivity contribution in [3.63, 3.8) is 0 Å². The standard InChI is InChI=1S/C20H20N4O2/c25-20(15-11-22-24-9-4-8-21-19(15)24)23-12-16(14-5-2-1-3-6-14)17-13-26-10-7-18(17)23/h1-6,8-9,11,16-18H,7,10,12-13H2. The molecule has 0 saturated carbocycles. The van der Waals surface area contributed by atoms with E-state index in [-0.39, 0.29) is 11.9 Å². The molecule has 132 valence electrons. The average Bonchev–Trinajstić information content (AvgIpc) is 3.30. The van der Waals surface area contributed by atoms with E-state index in [0.717, 1.165) is 6.42 Å². The van der Waals surface area contributed by atoms with Crippen LogP contribution in [0.2, 0.25) is 0 Å².